The SMILES string of the molecule is C=CCC1(S(=O)(=O)NC(=O)Nc2c3c(cc4c2CCC4)CCC3)CC1. The molecule has 5 nitrogen and oxygen atoms in total. The number of sulfonamides is 1. The molecule has 0 aromatic heterocycles. The Morgan fingerprint density at radius 2 is 1.72 bits per heavy atom. The molecule has 6 heteroatoms. The summed E-state index contributed by atoms with van der Waals surface area (Å²) in [6.07, 6.45) is 9.32. The van der Waals surface area contributed by atoms with Crippen molar-refractivity contribution < 1.29 is 13.2 Å². The number of fused-ring (bicyclic) bond motifs is 2. The molecule has 0 atom stereocenters. The summed E-state index contributed by atoms with van der Waals surface area (Å²) < 4.78 is 26.5. The standard InChI is InChI=1S/C19H24N2O3S/c1-2-9-19(10-11-19)25(23,24)21-18(22)20-17-15-7-3-5-13(15)12-14-6-4-8-16(14)17/h2,12H,1,3-11H2,(H2,20,21,22). The van der Waals surface area contributed by atoms with Crippen molar-refractivity contribution in [3.8, 4) is 0 Å². The highest BCUT2D eigenvalue weighted by atomic mass is 32.2. The summed E-state index contributed by atoms with van der Waals surface area (Å²) in [7, 11) is -3.69. The van der Waals surface area contributed by atoms with Crippen LogP contribution in [0.2, 0.25) is 0 Å². The van der Waals surface area contributed by atoms with Gasteiger partial charge in [-0.25, -0.2) is 17.9 Å². The molecule has 2 N–H and O–H groups in total. The van der Waals surface area contributed by atoms with Gasteiger partial charge in [0.2, 0.25) is 10.0 Å². The van der Waals surface area contributed by atoms with Crippen LogP contribution < -0.4 is 10.0 Å². The van der Waals surface area contributed by atoms with E-state index in [1.54, 1.807) is 6.08 Å². The molecule has 0 bridgehead atoms. The lowest BCUT2D eigenvalue weighted by Crippen LogP contribution is -2.42. The van der Waals surface area contributed by atoms with Gasteiger partial charge in [-0.15, -0.1) is 6.58 Å². The van der Waals surface area contributed by atoms with E-state index in [1.165, 1.54) is 22.3 Å². The van der Waals surface area contributed by atoms with Gasteiger partial charge < -0.3 is 5.32 Å². The monoisotopic (exact) mass is 360 g/mol. The smallest absolute Gasteiger partial charge is 0.307 e. The fourth-order valence-corrected chi connectivity index (χ4v) is 5.81. The summed E-state index contributed by atoms with van der Waals surface area (Å²) in [6, 6.07) is 1.65. The number of anilines is 1. The van der Waals surface area contributed by atoms with E-state index in [0.717, 1.165) is 44.2 Å². The van der Waals surface area contributed by atoms with Crippen LogP contribution in [0.15, 0.2) is 18.7 Å². The summed E-state index contributed by atoms with van der Waals surface area (Å²) in [5.74, 6) is 0. The maximum Gasteiger partial charge on any atom is 0.332 e. The van der Waals surface area contributed by atoms with E-state index in [-0.39, 0.29) is 0 Å². The average Bonchev–Trinajstić information content (AvgIpc) is 3.00. The molecule has 2 amide bonds. The van der Waals surface area contributed by atoms with Gasteiger partial charge >= 0.3 is 6.03 Å². The number of aryl methyl sites for hydroxylation is 2. The first kappa shape index (κ1) is 16.6. The Morgan fingerprint density at radius 1 is 1.12 bits per heavy atom. The molecule has 0 saturated heterocycles. The summed E-state index contributed by atoms with van der Waals surface area (Å²) >= 11 is 0. The first-order valence-corrected chi connectivity index (χ1v) is 10.5. The van der Waals surface area contributed by atoms with Gasteiger partial charge in [-0.1, -0.05) is 12.1 Å². The molecule has 134 valence electrons. The molecule has 1 aromatic rings. The maximum atomic E-state index is 12.6. The van der Waals surface area contributed by atoms with Crippen LogP contribution in [0.25, 0.3) is 0 Å². The van der Waals surface area contributed by atoms with Crippen LogP contribution >= 0.6 is 0 Å². The highest BCUT2D eigenvalue weighted by molar-refractivity contribution is 7.91. The number of hydrogen-bond acceptors (Lipinski definition) is 3. The van der Waals surface area contributed by atoms with E-state index in [2.05, 4.69) is 22.7 Å². The second-order valence-electron chi connectivity index (χ2n) is 7.47. The van der Waals surface area contributed by atoms with E-state index < -0.39 is 20.8 Å². The highest BCUT2D eigenvalue weighted by Crippen LogP contribution is 2.46. The average molecular weight is 360 g/mol. The third-order valence-electron chi connectivity index (χ3n) is 5.83. The number of hydrogen-bond donors (Lipinski definition) is 2. The van der Waals surface area contributed by atoms with E-state index in [9.17, 15) is 13.2 Å². The van der Waals surface area contributed by atoms with E-state index in [0.29, 0.717) is 19.3 Å². The summed E-state index contributed by atoms with van der Waals surface area (Å²) in [5.41, 5.74) is 5.87. The Balaban J connectivity index is 1.57. The molecule has 0 aliphatic heterocycles. The number of amides is 2. The molecule has 3 aliphatic carbocycles. The number of nitrogens with one attached hydrogen (secondary N) is 2. The molecule has 4 rings (SSSR count). The first-order chi connectivity index (χ1) is 12.0. The highest BCUT2D eigenvalue weighted by Gasteiger charge is 2.54. The van der Waals surface area contributed by atoms with Gasteiger partial charge in [-0.2, -0.15) is 0 Å². The topological polar surface area (TPSA) is 75.3 Å². The number of benzene rings is 1. The first-order valence-electron chi connectivity index (χ1n) is 9.06. The zero-order chi connectivity index (χ0) is 17.7. The molecule has 1 fully saturated rings. The van der Waals surface area contributed by atoms with Crippen molar-refractivity contribution in [3.63, 3.8) is 0 Å². The number of allylic oxidation sites excluding steroid dienone is 1. The van der Waals surface area contributed by atoms with Crippen LogP contribution in [0, 0.1) is 0 Å². The van der Waals surface area contributed by atoms with Crippen molar-refractivity contribution in [1.82, 2.24) is 4.72 Å². The molecule has 0 heterocycles. The zero-order valence-electron chi connectivity index (χ0n) is 14.4. The number of carbonyl (C=O) groups is 1. The lowest BCUT2D eigenvalue weighted by molar-refractivity contribution is 0.256. The van der Waals surface area contributed by atoms with Crippen LogP contribution in [0.1, 0.15) is 54.4 Å². The van der Waals surface area contributed by atoms with Crippen molar-refractivity contribution >= 4 is 21.7 Å². The third-order valence-corrected chi connectivity index (χ3v) is 8.00. The van der Waals surface area contributed by atoms with Gasteiger partial charge in [-0.3, -0.25) is 0 Å². The largest absolute Gasteiger partial charge is 0.332 e. The molecule has 1 aromatic carbocycles. The molecular formula is C19H24N2O3S. The molecule has 0 spiro atoms. The summed E-state index contributed by atoms with van der Waals surface area (Å²) in [6.45, 7) is 3.63. The van der Waals surface area contributed by atoms with Crippen molar-refractivity contribution in [2.75, 3.05) is 5.32 Å². The second kappa shape index (κ2) is 5.87. The summed E-state index contributed by atoms with van der Waals surface area (Å²) in [4.78, 5) is 12.5. The number of rotatable bonds is 5. The molecule has 0 radical (unpaired) electrons. The van der Waals surface area contributed by atoms with Gasteiger partial charge in [0.25, 0.3) is 0 Å². The molecule has 1 saturated carbocycles. The Labute approximate surface area is 148 Å². The van der Waals surface area contributed by atoms with Crippen LogP contribution in [-0.4, -0.2) is 19.2 Å². The van der Waals surface area contributed by atoms with Gasteiger partial charge in [0.15, 0.2) is 0 Å². The summed E-state index contributed by atoms with van der Waals surface area (Å²) in [5, 5.41) is 2.89. The maximum absolute atomic E-state index is 12.6. The quantitative estimate of drug-likeness (QED) is 0.792. The zero-order valence-corrected chi connectivity index (χ0v) is 15.2. The fraction of sp³-hybridized carbons (Fsp3) is 0.526. The Bertz CT molecular complexity index is 822. The predicted octanol–water partition coefficient (Wildman–Crippen LogP) is 3.22. The Morgan fingerprint density at radius 3 is 2.24 bits per heavy atom. The van der Waals surface area contributed by atoms with Crippen LogP contribution in [0.3, 0.4) is 0 Å². The molecule has 25 heavy (non-hydrogen) atoms. The molecular weight excluding hydrogens is 336 g/mol. The van der Waals surface area contributed by atoms with Crippen molar-refractivity contribution in [3.05, 3.63) is 41.0 Å². The van der Waals surface area contributed by atoms with Gasteiger partial charge in [0.05, 0.1) is 4.75 Å². The lowest BCUT2D eigenvalue weighted by atomic mass is 9.99. The normalized spacial score (nSPS) is 19.8. The van der Waals surface area contributed by atoms with Crippen LogP contribution in [-0.2, 0) is 35.7 Å². The van der Waals surface area contributed by atoms with E-state index in [1.807, 2.05) is 0 Å². The van der Waals surface area contributed by atoms with Crippen molar-refractivity contribution in [2.24, 2.45) is 0 Å². The minimum atomic E-state index is -3.69. The van der Waals surface area contributed by atoms with Crippen molar-refractivity contribution in [2.45, 2.75) is 62.5 Å². The fourth-order valence-electron chi connectivity index (χ4n) is 4.32. The Kier molecular flexibility index (Phi) is 3.90. The number of urea groups is 1. The lowest BCUT2D eigenvalue weighted by Gasteiger charge is -2.19. The predicted molar refractivity (Wildman–Crippen MR) is 98.3 cm³/mol. The van der Waals surface area contributed by atoms with E-state index in [4.69, 9.17) is 0 Å². The minimum absolute atomic E-state index is 0.381. The Hall–Kier alpha value is -1.82. The third kappa shape index (κ3) is 2.76. The molecule has 3 aliphatic rings. The van der Waals surface area contributed by atoms with Gasteiger partial charge in [-0.05, 0) is 80.0 Å². The van der Waals surface area contributed by atoms with Gasteiger partial charge in [0, 0.05) is 5.69 Å². The van der Waals surface area contributed by atoms with Crippen LogP contribution in [0.4, 0.5) is 10.5 Å². The molecule has 0 unspecified atom stereocenters. The second-order valence-corrected chi connectivity index (χ2v) is 9.55. The van der Waals surface area contributed by atoms with Gasteiger partial charge in [0.1, 0.15) is 0 Å². The minimum Gasteiger partial charge on any atom is -0.307 e. The number of carbonyl (C=O) groups excluding carboxylic acids is 1. The van der Waals surface area contributed by atoms with E-state index >= 15 is 0 Å². The van der Waals surface area contributed by atoms with Crippen molar-refractivity contribution in [1.29, 1.82) is 0 Å². The van der Waals surface area contributed by atoms with Crippen LogP contribution in [0.5, 0.6) is 0 Å².